The minimum atomic E-state index is -0.679. The number of fused-ring (bicyclic) bond motifs is 1. The van der Waals surface area contributed by atoms with Crippen LogP contribution in [0.5, 0.6) is 0 Å². The molecular formula is C24H25N5O3. The molecule has 1 heterocycles. The van der Waals surface area contributed by atoms with E-state index in [2.05, 4.69) is 20.6 Å². The zero-order chi connectivity index (χ0) is 22.9. The van der Waals surface area contributed by atoms with Gasteiger partial charge in [-0.15, -0.1) is 0 Å². The second kappa shape index (κ2) is 8.39. The first-order chi connectivity index (χ1) is 15.3. The Morgan fingerprint density at radius 1 is 1.22 bits per heavy atom. The number of primary amides is 1. The van der Waals surface area contributed by atoms with Crippen LogP contribution in [0.15, 0.2) is 54.7 Å². The molecular weight excluding hydrogens is 406 g/mol. The molecule has 0 aliphatic heterocycles. The lowest BCUT2D eigenvalue weighted by Crippen LogP contribution is -2.21. The van der Waals surface area contributed by atoms with Gasteiger partial charge in [-0.1, -0.05) is 44.2 Å². The topological polar surface area (TPSA) is 130 Å². The fourth-order valence-electron chi connectivity index (χ4n) is 3.96. The third-order valence-corrected chi connectivity index (χ3v) is 5.66. The number of anilines is 3. The van der Waals surface area contributed by atoms with Crippen LogP contribution < -0.4 is 16.4 Å². The maximum Gasteiger partial charge on any atom is 0.254 e. The average Bonchev–Trinajstić information content (AvgIpc) is 3.00. The molecule has 1 aliphatic carbocycles. The number of nitrogens with two attached hydrogens (primary N) is 1. The lowest BCUT2D eigenvalue weighted by molar-refractivity contribution is 0.0976. The van der Waals surface area contributed by atoms with Crippen molar-refractivity contribution in [3.8, 4) is 0 Å². The Bertz CT molecular complexity index is 1180. The molecule has 0 spiro atoms. The molecule has 0 unspecified atom stereocenters. The van der Waals surface area contributed by atoms with E-state index in [1.54, 1.807) is 6.07 Å². The third kappa shape index (κ3) is 4.17. The maximum absolute atomic E-state index is 12.2. The van der Waals surface area contributed by atoms with Gasteiger partial charge in [-0.2, -0.15) is 4.98 Å². The molecule has 0 saturated heterocycles. The Balaban J connectivity index is 1.64. The second-order valence-corrected chi connectivity index (χ2v) is 8.48. The molecule has 2 aromatic carbocycles. The Labute approximate surface area is 185 Å². The SMILES string of the molecule is CC1(C)CC(=O)c2ccc(Nc3ncc(C(N)=O)c(N[C@H](CO)c4ccccc4)n3)cc21. The highest BCUT2D eigenvalue weighted by molar-refractivity contribution is 6.02. The summed E-state index contributed by atoms with van der Waals surface area (Å²) in [5, 5.41) is 16.1. The first-order valence-electron chi connectivity index (χ1n) is 10.3. The van der Waals surface area contributed by atoms with E-state index >= 15 is 0 Å². The molecule has 1 aliphatic rings. The van der Waals surface area contributed by atoms with Crippen molar-refractivity contribution in [2.45, 2.75) is 31.7 Å². The van der Waals surface area contributed by atoms with Crippen molar-refractivity contribution < 1.29 is 14.7 Å². The molecule has 1 atom stereocenters. The van der Waals surface area contributed by atoms with Crippen LogP contribution in [-0.2, 0) is 5.41 Å². The van der Waals surface area contributed by atoms with Gasteiger partial charge in [-0.25, -0.2) is 4.98 Å². The number of hydrogen-bond donors (Lipinski definition) is 4. The molecule has 0 fully saturated rings. The average molecular weight is 431 g/mol. The fourth-order valence-corrected chi connectivity index (χ4v) is 3.96. The summed E-state index contributed by atoms with van der Waals surface area (Å²) in [7, 11) is 0. The third-order valence-electron chi connectivity index (χ3n) is 5.66. The van der Waals surface area contributed by atoms with E-state index in [0.717, 1.165) is 22.4 Å². The van der Waals surface area contributed by atoms with Crippen LogP contribution in [0.25, 0.3) is 0 Å². The zero-order valence-electron chi connectivity index (χ0n) is 17.9. The minimum absolute atomic E-state index is 0.116. The van der Waals surface area contributed by atoms with E-state index in [4.69, 9.17) is 5.73 Å². The number of nitrogens with zero attached hydrogens (tertiary/aromatic N) is 2. The van der Waals surface area contributed by atoms with Gasteiger partial charge in [0.25, 0.3) is 5.91 Å². The largest absolute Gasteiger partial charge is 0.394 e. The minimum Gasteiger partial charge on any atom is -0.394 e. The zero-order valence-corrected chi connectivity index (χ0v) is 17.9. The van der Waals surface area contributed by atoms with Gasteiger partial charge in [0, 0.05) is 23.9 Å². The molecule has 4 rings (SSSR count). The Morgan fingerprint density at radius 2 is 1.97 bits per heavy atom. The summed E-state index contributed by atoms with van der Waals surface area (Å²) in [6.45, 7) is 3.88. The van der Waals surface area contributed by atoms with Gasteiger partial charge in [0.1, 0.15) is 5.82 Å². The van der Waals surface area contributed by atoms with Crippen LogP contribution in [0, 0.1) is 0 Å². The Kier molecular flexibility index (Phi) is 5.63. The van der Waals surface area contributed by atoms with E-state index in [0.29, 0.717) is 6.42 Å². The van der Waals surface area contributed by atoms with Crippen molar-refractivity contribution in [3.05, 3.63) is 77.0 Å². The lowest BCUT2D eigenvalue weighted by atomic mass is 9.86. The van der Waals surface area contributed by atoms with Crippen molar-refractivity contribution >= 4 is 29.1 Å². The van der Waals surface area contributed by atoms with Crippen LogP contribution in [0.4, 0.5) is 17.5 Å². The van der Waals surface area contributed by atoms with Gasteiger partial charge < -0.3 is 21.5 Å². The van der Waals surface area contributed by atoms with Crippen molar-refractivity contribution in [1.82, 2.24) is 9.97 Å². The molecule has 5 N–H and O–H groups in total. The van der Waals surface area contributed by atoms with E-state index in [9.17, 15) is 14.7 Å². The smallest absolute Gasteiger partial charge is 0.254 e. The Hall–Kier alpha value is -3.78. The number of benzene rings is 2. The molecule has 3 aromatic rings. The van der Waals surface area contributed by atoms with E-state index < -0.39 is 11.9 Å². The fraction of sp³-hybridized carbons (Fsp3) is 0.250. The molecule has 0 radical (unpaired) electrons. The molecule has 8 nitrogen and oxygen atoms in total. The van der Waals surface area contributed by atoms with Gasteiger partial charge in [0.05, 0.1) is 18.2 Å². The number of hydrogen-bond acceptors (Lipinski definition) is 7. The normalized spacial score (nSPS) is 15.2. The van der Waals surface area contributed by atoms with Crippen LogP contribution in [0.2, 0.25) is 0 Å². The number of ketones is 1. The molecule has 8 heteroatoms. The summed E-state index contributed by atoms with van der Waals surface area (Å²) in [5.74, 6) is -0.0680. The lowest BCUT2D eigenvalue weighted by Gasteiger charge is -2.20. The molecule has 1 aromatic heterocycles. The first-order valence-corrected chi connectivity index (χ1v) is 10.3. The molecule has 164 valence electrons. The van der Waals surface area contributed by atoms with Gasteiger partial charge in [-0.05, 0) is 34.7 Å². The van der Waals surface area contributed by atoms with Crippen LogP contribution in [0.1, 0.15) is 58.2 Å². The van der Waals surface area contributed by atoms with Gasteiger partial charge in [-0.3, -0.25) is 9.59 Å². The number of carbonyl (C=O) groups excluding carboxylic acids is 2. The number of Topliss-reactive ketones (excluding diaryl/α,β-unsaturated/α-hetero) is 1. The van der Waals surface area contributed by atoms with Crippen molar-refractivity contribution in [3.63, 3.8) is 0 Å². The summed E-state index contributed by atoms with van der Waals surface area (Å²) >= 11 is 0. The highest BCUT2D eigenvalue weighted by Crippen LogP contribution is 2.39. The summed E-state index contributed by atoms with van der Waals surface area (Å²) in [4.78, 5) is 32.8. The predicted molar refractivity (Wildman–Crippen MR) is 122 cm³/mol. The molecule has 0 saturated carbocycles. The molecule has 1 amide bonds. The van der Waals surface area contributed by atoms with E-state index in [1.807, 2.05) is 56.3 Å². The summed E-state index contributed by atoms with van der Waals surface area (Å²) in [6, 6.07) is 14.4. The van der Waals surface area contributed by atoms with Crippen molar-refractivity contribution in [2.24, 2.45) is 5.73 Å². The monoisotopic (exact) mass is 431 g/mol. The van der Waals surface area contributed by atoms with Crippen LogP contribution >= 0.6 is 0 Å². The van der Waals surface area contributed by atoms with Crippen molar-refractivity contribution in [1.29, 1.82) is 0 Å². The second-order valence-electron chi connectivity index (χ2n) is 8.48. The molecule has 32 heavy (non-hydrogen) atoms. The number of aromatic nitrogens is 2. The van der Waals surface area contributed by atoms with Crippen molar-refractivity contribution in [2.75, 3.05) is 17.2 Å². The maximum atomic E-state index is 12.2. The highest BCUT2D eigenvalue weighted by Gasteiger charge is 2.35. The number of aliphatic hydroxyl groups is 1. The van der Waals surface area contributed by atoms with Gasteiger partial charge >= 0.3 is 0 Å². The summed E-state index contributed by atoms with van der Waals surface area (Å²) in [5.41, 5.74) is 8.66. The van der Waals surface area contributed by atoms with Crippen LogP contribution in [-0.4, -0.2) is 33.4 Å². The summed E-state index contributed by atoms with van der Waals surface area (Å²) < 4.78 is 0. The van der Waals surface area contributed by atoms with Gasteiger partial charge in [0.15, 0.2) is 5.78 Å². The quantitative estimate of drug-likeness (QED) is 0.451. The number of carbonyl (C=O) groups is 2. The Morgan fingerprint density at radius 3 is 2.66 bits per heavy atom. The number of nitrogens with one attached hydrogen (secondary N) is 2. The highest BCUT2D eigenvalue weighted by atomic mass is 16.3. The number of amides is 1. The van der Waals surface area contributed by atoms with E-state index in [-0.39, 0.29) is 35.1 Å². The van der Waals surface area contributed by atoms with E-state index in [1.165, 1.54) is 6.20 Å². The number of aliphatic hydroxyl groups excluding tert-OH is 1. The van der Waals surface area contributed by atoms with Gasteiger partial charge in [0.2, 0.25) is 5.95 Å². The summed E-state index contributed by atoms with van der Waals surface area (Å²) in [6.07, 6.45) is 1.83. The standard InChI is InChI=1S/C24H25N5O3/c1-24(2)11-20(31)16-9-8-15(10-18(16)24)27-23-26-12-17(21(25)32)22(29-23)28-19(13-30)14-6-4-3-5-7-14/h3-10,12,19,30H,11,13H2,1-2H3,(H2,25,32)(H2,26,27,28,29)/t19-/m1/s1. The number of rotatable bonds is 7. The first kappa shape index (κ1) is 21.5. The van der Waals surface area contributed by atoms with Crippen LogP contribution in [0.3, 0.4) is 0 Å². The molecule has 0 bridgehead atoms. The predicted octanol–water partition coefficient (Wildman–Crippen LogP) is 3.33.